The second-order valence-corrected chi connectivity index (χ2v) is 6.21. The van der Waals surface area contributed by atoms with Crippen LogP contribution in [0.25, 0.3) is 11.3 Å². The minimum absolute atomic E-state index is 0.0447. The number of hydrogen-bond donors (Lipinski definition) is 1. The maximum Gasteiger partial charge on any atom is 0.228 e. The number of aromatic nitrogens is 1. The van der Waals surface area contributed by atoms with Crippen LogP contribution < -0.4 is 0 Å². The molecule has 0 spiro atoms. The Morgan fingerprint density at radius 3 is 2.96 bits per heavy atom. The molecule has 1 fully saturated rings. The number of benzene rings is 1. The summed E-state index contributed by atoms with van der Waals surface area (Å²) < 4.78 is 5.34. The van der Waals surface area contributed by atoms with E-state index in [2.05, 4.69) is 5.16 Å². The van der Waals surface area contributed by atoms with Crippen LogP contribution in [0.5, 0.6) is 0 Å². The van der Waals surface area contributed by atoms with E-state index in [9.17, 15) is 9.90 Å². The molecule has 1 amide bonds. The largest absolute Gasteiger partial charge is 0.393 e. The van der Waals surface area contributed by atoms with Gasteiger partial charge in [-0.05, 0) is 19.8 Å². The first-order valence-corrected chi connectivity index (χ1v) is 8.10. The van der Waals surface area contributed by atoms with Crippen molar-refractivity contribution in [1.29, 1.82) is 0 Å². The van der Waals surface area contributed by atoms with Crippen LogP contribution in [0.2, 0.25) is 0 Å². The Morgan fingerprint density at radius 2 is 2.22 bits per heavy atom. The molecule has 1 aromatic carbocycles. The van der Waals surface area contributed by atoms with Crippen LogP contribution in [-0.2, 0) is 11.2 Å². The minimum Gasteiger partial charge on any atom is -0.393 e. The highest BCUT2D eigenvalue weighted by Gasteiger charge is 2.26. The van der Waals surface area contributed by atoms with E-state index in [0.29, 0.717) is 18.0 Å². The van der Waals surface area contributed by atoms with Crippen LogP contribution >= 0.6 is 0 Å². The Labute approximate surface area is 135 Å². The van der Waals surface area contributed by atoms with E-state index in [0.717, 1.165) is 24.9 Å². The van der Waals surface area contributed by atoms with Crippen molar-refractivity contribution < 1.29 is 14.4 Å². The fourth-order valence-corrected chi connectivity index (χ4v) is 3.03. The van der Waals surface area contributed by atoms with Gasteiger partial charge in [0.05, 0.1) is 18.2 Å². The van der Waals surface area contributed by atoms with Crippen LogP contribution in [0.3, 0.4) is 0 Å². The number of amides is 1. The van der Waals surface area contributed by atoms with Gasteiger partial charge in [-0.3, -0.25) is 4.79 Å². The molecule has 2 heterocycles. The number of likely N-dealkylation sites (tertiary alicyclic amines) is 1. The third-order valence-electron chi connectivity index (χ3n) is 4.44. The van der Waals surface area contributed by atoms with Crippen LogP contribution in [0.4, 0.5) is 0 Å². The average Bonchev–Trinajstić information content (AvgIpc) is 3.04. The fraction of sp³-hybridized carbons (Fsp3) is 0.444. The smallest absolute Gasteiger partial charge is 0.228 e. The summed E-state index contributed by atoms with van der Waals surface area (Å²) in [6.45, 7) is 3.17. The normalized spacial score (nSPS) is 19.6. The molecular weight excluding hydrogens is 292 g/mol. The van der Waals surface area contributed by atoms with E-state index in [4.69, 9.17) is 4.52 Å². The van der Waals surface area contributed by atoms with Gasteiger partial charge in [0.25, 0.3) is 0 Å². The molecule has 2 aromatic rings. The van der Waals surface area contributed by atoms with Gasteiger partial charge in [-0.1, -0.05) is 35.5 Å². The van der Waals surface area contributed by atoms with Crippen LogP contribution in [-0.4, -0.2) is 40.3 Å². The van der Waals surface area contributed by atoms with Crippen molar-refractivity contribution in [2.24, 2.45) is 5.92 Å². The van der Waals surface area contributed by atoms with Crippen molar-refractivity contribution in [3.8, 4) is 11.3 Å². The van der Waals surface area contributed by atoms with Gasteiger partial charge in [-0.25, -0.2) is 0 Å². The molecule has 1 aliphatic rings. The summed E-state index contributed by atoms with van der Waals surface area (Å²) in [4.78, 5) is 14.3. The molecule has 23 heavy (non-hydrogen) atoms. The van der Waals surface area contributed by atoms with Crippen LogP contribution in [0.1, 0.15) is 25.5 Å². The Bertz CT molecular complexity index is 651. The zero-order valence-corrected chi connectivity index (χ0v) is 13.3. The number of carbonyl (C=O) groups is 1. The maximum atomic E-state index is 12.4. The van der Waals surface area contributed by atoms with Crippen LogP contribution in [0, 0.1) is 5.92 Å². The SMILES string of the molecule is CC(O)C1CCCN(C(=O)Cc2cc(-c3ccccc3)on2)C1. The summed E-state index contributed by atoms with van der Waals surface area (Å²) in [6, 6.07) is 11.5. The summed E-state index contributed by atoms with van der Waals surface area (Å²) in [5.74, 6) is 0.891. The molecule has 0 bridgehead atoms. The minimum atomic E-state index is -0.373. The zero-order valence-electron chi connectivity index (χ0n) is 13.3. The first-order valence-electron chi connectivity index (χ1n) is 8.10. The molecule has 1 aliphatic heterocycles. The fourth-order valence-electron chi connectivity index (χ4n) is 3.03. The first-order chi connectivity index (χ1) is 11.1. The number of carbonyl (C=O) groups excluding carboxylic acids is 1. The number of aliphatic hydroxyl groups is 1. The van der Waals surface area contributed by atoms with Gasteiger partial charge in [0, 0.05) is 30.6 Å². The maximum absolute atomic E-state index is 12.4. The van der Waals surface area contributed by atoms with Gasteiger partial charge in [-0.2, -0.15) is 0 Å². The monoisotopic (exact) mass is 314 g/mol. The Morgan fingerprint density at radius 1 is 1.43 bits per heavy atom. The lowest BCUT2D eigenvalue weighted by molar-refractivity contribution is -0.133. The Balaban J connectivity index is 1.63. The molecule has 1 N–H and O–H groups in total. The van der Waals surface area contributed by atoms with Gasteiger partial charge in [0.1, 0.15) is 0 Å². The quantitative estimate of drug-likeness (QED) is 0.941. The second-order valence-electron chi connectivity index (χ2n) is 6.21. The molecule has 5 heteroatoms. The lowest BCUT2D eigenvalue weighted by atomic mass is 9.93. The van der Waals surface area contributed by atoms with Gasteiger partial charge in [-0.15, -0.1) is 0 Å². The van der Waals surface area contributed by atoms with E-state index in [1.165, 1.54) is 0 Å². The third kappa shape index (κ3) is 3.79. The van der Waals surface area contributed by atoms with Crippen LogP contribution in [0.15, 0.2) is 40.9 Å². The van der Waals surface area contributed by atoms with Crippen molar-refractivity contribution in [1.82, 2.24) is 10.1 Å². The number of piperidine rings is 1. The molecule has 2 atom stereocenters. The second kappa shape index (κ2) is 6.96. The zero-order chi connectivity index (χ0) is 16.2. The molecule has 1 saturated heterocycles. The van der Waals surface area contributed by atoms with Crippen molar-refractivity contribution in [3.63, 3.8) is 0 Å². The lowest BCUT2D eigenvalue weighted by Crippen LogP contribution is -2.43. The Hall–Kier alpha value is -2.14. The van der Waals surface area contributed by atoms with E-state index in [1.54, 1.807) is 6.92 Å². The predicted molar refractivity (Wildman–Crippen MR) is 86.6 cm³/mol. The molecule has 0 aliphatic carbocycles. The standard InChI is InChI=1S/C18H22N2O3/c1-13(21)15-8-5-9-20(12-15)18(22)11-16-10-17(23-19-16)14-6-3-2-4-7-14/h2-4,6-7,10,13,15,21H,5,8-9,11-12H2,1H3. The highest BCUT2D eigenvalue weighted by atomic mass is 16.5. The highest BCUT2D eigenvalue weighted by Crippen LogP contribution is 2.22. The molecule has 2 unspecified atom stereocenters. The third-order valence-corrected chi connectivity index (χ3v) is 4.44. The molecular formula is C18H22N2O3. The van der Waals surface area contributed by atoms with E-state index in [-0.39, 0.29) is 24.3 Å². The molecule has 1 aromatic heterocycles. The molecule has 0 saturated carbocycles. The number of nitrogens with zero attached hydrogens (tertiary/aromatic N) is 2. The number of hydrogen-bond acceptors (Lipinski definition) is 4. The first kappa shape index (κ1) is 15.7. The number of aliphatic hydroxyl groups excluding tert-OH is 1. The summed E-state index contributed by atoms with van der Waals surface area (Å²) in [6.07, 6.45) is 1.78. The average molecular weight is 314 g/mol. The summed E-state index contributed by atoms with van der Waals surface area (Å²) in [7, 11) is 0. The lowest BCUT2D eigenvalue weighted by Gasteiger charge is -2.34. The van der Waals surface area contributed by atoms with Gasteiger partial charge >= 0.3 is 0 Å². The van der Waals surface area contributed by atoms with Gasteiger partial charge < -0.3 is 14.5 Å². The van der Waals surface area contributed by atoms with E-state index in [1.807, 2.05) is 41.3 Å². The van der Waals surface area contributed by atoms with Crippen molar-refractivity contribution >= 4 is 5.91 Å². The van der Waals surface area contributed by atoms with Gasteiger partial charge in [0.2, 0.25) is 5.91 Å². The molecule has 5 nitrogen and oxygen atoms in total. The summed E-state index contributed by atoms with van der Waals surface area (Å²) in [5, 5.41) is 13.7. The molecule has 0 radical (unpaired) electrons. The summed E-state index contributed by atoms with van der Waals surface area (Å²) in [5.41, 5.74) is 1.60. The molecule has 122 valence electrons. The predicted octanol–water partition coefficient (Wildman–Crippen LogP) is 2.50. The van der Waals surface area contributed by atoms with Crippen molar-refractivity contribution in [3.05, 3.63) is 42.1 Å². The topological polar surface area (TPSA) is 66.6 Å². The molecule has 3 rings (SSSR count). The van der Waals surface area contributed by atoms with E-state index >= 15 is 0 Å². The van der Waals surface area contributed by atoms with Crippen molar-refractivity contribution in [2.45, 2.75) is 32.3 Å². The van der Waals surface area contributed by atoms with Crippen molar-refractivity contribution in [2.75, 3.05) is 13.1 Å². The Kier molecular flexibility index (Phi) is 4.76. The summed E-state index contributed by atoms with van der Waals surface area (Å²) >= 11 is 0. The van der Waals surface area contributed by atoms with Gasteiger partial charge in [0.15, 0.2) is 5.76 Å². The highest BCUT2D eigenvalue weighted by molar-refractivity contribution is 5.78. The number of rotatable bonds is 4. The van der Waals surface area contributed by atoms with E-state index < -0.39 is 0 Å².